The summed E-state index contributed by atoms with van der Waals surface area (Å²) in [5, 5.41) is 0. The van der Waals surface area contributed by atoms with Gasteiger partial charge in [0.25, 0.3) is 10.0 Å². The highest BCUT2D eigenvalue weighted by molar-refractivity contribution is 7.90. The van der Waals surface area contributed by atoms with E-state index in [0.29, 0.717) is 17.9 Å². The van der Waals surface area contributed by atoms with Crippen LogP contribution in [0.4, 0.5) is 0 Å². The lowest BCUT2D eigenvalue weighted by molar-refractivity contribution is -0.138. The van der Waals surface area contributed by atoms with Gasteiger partial charge in [-0.15, -0.1) is 0 Å². The fourth-order valence-electron chi connectivity index (χ4n) is 2.94. The second-order valence-electron chi connectivity index (χ2n) is 6.24. The van der Waals surface area contributed by atoms with Gasteiger partial charge in [0.05, 0.1) is 4.90 Å². The molecule has 0 unspecified atom stereocenters. The van der Waals surface area contributed by atoms with Crippen LogP contribution in [-0.4, -0.2) is 20.6 Å². The van der Waals surface area contributed by atoms with E-state index in [1.165, 1.54) is 12.1 Å². The molecule has 6 nitrogen and oxygen atoms in total. The molecule has 0 saturated heterocycles. The van der Waals surface area contributed by atoms with E-state index in [0.717, 1.165) is 11.1 Å². The van der Waals surface area contributed by atoms with E-state index in [-0.39, 0.29) is 4.90 Å². The van der Waals surface area contributed by atoms with Gasteiger partial charge in [-0.2, -0.15) is 0 Å². The summed E-state index contributed by atoms with van der Waals surface area (Å²) in [6, 6.07) is 22.2. The van der Waals surface area contributed by atoms with Crippen LogP contribution in [0.15, 0.2) is 83.8 Å². The molecule has 1 N–H and O–H groups in total. The third-order valence-corrected chi connectivity index (χ3v) is 5.66. The van der Waals surface area contributed by atoms with Crippen LogP contribution in [0.1, 0.15) is 11.1 Å². The highest BCUT2D eigenvalue weighted by Gasteiger charge is 2.30. The number of sulfonamides is 1. The lowest BCUT2D eigenvalue weighted by Crippen LogP contribution is -2.45. The van der Waals surface area contributed by atoms with Gasteiger partial charge < -0.3 is 9.47 Å². The Labute approximate surface area is 162 Å². The van der Waals surface area contributed by atoms with E-state index in [9.17, 15) is 13.2 Å². The van der Waals surface area contributed by atoms with Crippen LogP contribution in [0.25, 0.3) is 0 Å². The summed E-state index contributed by atoms with van der Waals surface area (Å²) < 4.78 is 38.5. The van der Waals surface area contributed by atoms with Gasteiger partial charge in [0.15, 0.2) is 0 Å². The molecule has 0 saturated carbocycles. The number of nitrogens with one attached hydrogen (secondary N) is 1. The molecule has 0 atom stereocenters. The number of benzene rings is 3. The van der Waals surface area contributed by atoms with Crippen molar-refractivity contribution in [2.24, 2.45) is 0 Å². The molecule has 28 heavy (non-hydrogen) atoms. The normalized spacial score (nSPS) is 13.7. The quantitative estimate of drug-likeness (QED) is 0.738. The summed E-state index contributed by atoms with van der Waals surface area (Å²) in [7, 11) is -4.04. The Morgan fingerprint density at radius 1 is 0.786 bits per heavy atom. The molecule has 7 heteroatoms. The van der Waals surface area contributed by atoms with Gasteiger partial charge in [-0.25, -0.2) is 13.1 Å². The molecule has 0 radical (unpaired) electrons. The summed E-state index contributed by atoms with van der Waals surface area (Å²) in [6.07, 6.45) is -0.885. The molecule has 0 fully saturated rings. The molecule has 3 aromatic carbocycles. The first-order valence-electron chi connectivity index (χ1n) is 8.64. The molecule has 3 aromatic rings. The van der Waals surface area contributed by atoms with E-state index in [2.05, 4.69) is 0 Å². The van der Waals surface area contributed by atoms with Crippen molar-refractivity contribution in [1.82, 2.24) is 4.72 Å². The molecule has 1 aliphatic rings. The standard InChI is InChI=1S/C21H17NO5S/c23-20(22-28(24,25)17-10-2-1-3-11-17)21-26-18-12-6-4-8-15(18)14-16-9-5-7-13-19(16)27-21/h1-13,21H,14H2,(H,22,23). The molecule has 0 aromatic heterocycles. The van der Waals surface area contributed by atoms with Crippen LogP contribution in [0, 0.1) is 0 Å². The minimum absolute atomic E-state index is 0.0185. The molecule has 4 rings (SSSR count). The molecular formula is C21H17NO5S. The average Bonchev–Trinajstić information content (AvgIpc) is 2.68. The van der Waals surface area contributed by atoms with E-state index in [1.54, 1.807) is 42.5 Å². The Morgan fingerprint density at radius 2 is 1.29 bits per heavy atom. The first-order chi connectivity index (χ1) is 13.5. The number of hydrogen-bond donors (Lipinski definition) is 1. The Hall–Kier alpha value is -3.32. The Kier molecular flexibility index (Phi) is 4.75. The van der Waals surface area contributed by atoms with Crippen molar-refractivity contribution in [3.05, 3.63) is 90.0 Å². The van der Waals surface area contributed by atoms with E-state index in [4.69, 9.17) is 9.47 Å². The highest BCUT2D eigenvalue weighted by atomic mass is 32.2. The number of fused-ring (bicyclic) bond motifs is 2. The van der Waals surface area contributed by atoms with Gasteiger partial charge >= 0.3 is 12.2 Å². The molecule has 0 spiro atoms. The van der Waals surface area contributed by atoms with Crippen molar-refractivity contribution in [2.75, 3.05) is 0 Å². The monoisotopic (exact) mass is 395 g/mol. The predicted octanol–water partition coefficient (Wildman–Crippen LogP) is 2.88. The second kappa shape index (κ2) is 7.36. The van der Waals surface area contributed by atoms with Crippen LogP contribution in [-0.2, 0) is 21.2 Å². The summed E-state index contributed by atoms with van der Waals surface area (Å²) in [6.45, 7) is 0. The van der Waals surface area contributed by atoms with Gasteiger partial charge in [-0.3, -0.25) is 4.79 Å². The smallest absolute Gasteiger partial charge is 0.322 e. The maximum atomic E-state index is 12.7. The summed E-state index contributed by atoms with van der Waals surface area (Å²) in [4.78, 5) is 12.7. The minimum Gasteiger partial charge on any atom is -0.446 e. The van der Waals surface area contributed by atoms with Crippen LogP contribution in [0.3, 0.4) is 0 Å². The minimum atomic E-state index is -4.04. The third-order valence-electron chi connectivity index (χ3n) is 4.30. The number of hydrogen-bond acceptors (Lipinski definition) is 5. The van der Waals surface area contributed by atoms with Crippen molar-refractivity contribution in [2.45, 2.75) is 17.6 Å². The molecule has 0 bridgehead atoms. The second-order valence-corrected chi connectivity index (χ2v) is 7.93. The lowest BCUT2D eigenvalue weighted by atomic mass is 10.0. The Morgan fingerprint density at radius 3 is 1.86 bits per heavy atom. The highest BCUT2D eigenvalue weighted by Crippen LogP contribution is 2.30. The van der Waals surface area contributed by atoms with Gasteiger partial charge in [0.2, 0.25) is 0 Å². The van der Waals surface area contributed by atoms with Gasteiger partial charge in [-0.1, -0.05) is 54.6 Å². The maximum absolute atomic E-state index is 12.7. The van der Waals surface area contributed by atoms with Crippen molar-refractivity contribution in [3.8, 4) is 11.5 Å². The average molecular weight is 395 g/mol. The number of amides is 1. The third kappa shape index (κ3) is 3.70. The summed E-state index contributed by atoms with van der Waals surface area (Å²) in [5.41, 5.74) is 1.75. The van der Waals surface area contributed by atoms with Crippen LogP contribution < -0.4 is 14.2 Å². The number of carbonyl (C=O) groups excluding carboxylic acids is 1. The molecule has 1 amide bonds. The zero-order chi connectivity index (χ0) is 19.6. The zero-order valence-electron chi connectivity index (χ0n) is 14.7. The van der Waals surface area contributed by atoms with Crippen molar-refractivity contribution in [1.29, 1.82) is 0 Å². The van der Waals surface area contributed by atoms with Gasteiger partial charge in [-0.05, 0) is 35.4 Å². The molecule has 0 aliphatic carbocycles. The summed E-state index contributed by atoms with van der Waals surface area (Å²) >= 11 is 0. The van der Waals surface area contributed by atoms with Crippen LogP contribution in [0.2, 0.25) is 0 Å². The van der Waals surface area contributed by atoms with Gasteiger partial charge in [0, 0.05) is 6.42 Å². The van der Waals surface area contributed by atoms with E-state index >= 15 is 0 Å². The van der Waals surface area contributed by atoms with Crippen molar-refractivity contribution in [3.63, 3.8) is 0 Å². The number of carbonyl (C=O) groups is 1. The van der Waals surface area contributed by atoms with E-state index in [1.807, 2.05) is 29.0 Å². The fourth-order valence-corrected chi connectivity index (χ4v) is 3.93. The Bertz CT molecular complexity index is 1060. The Balaban J connectivity index is 1.66. The molecule has 1 aliphatic heterocycles. The van der Waals surface area contributed by atoms with Gasteiger partial charge in [0.1, 0.15) is 11.5 Å². The summed E-state index contributed by atoms with van der Waals surface area (Å²) in [5.74, 6) is 0.0267. The molecule has 142 valence electrons. The SMILES string of the molecule is O=C(NS(=O)(=O)c1ccccc1)C1Oc2ccccc2Cc2ccccc2O1. The topological polar surface area (TPSA) is 81.7 Å². The molecular weight excluding hydrogens is 378 g/mol. The fraction of sp³-hybridized carbons (Fsp3) is 0.0952. The number of para-hydroxylation sites is 2. The van der Waals surface area contributed by atoms with Crippen molar-refractivity contribution >= 4 is 15.9 Å². The lowest BCUT2D eigenvalue weighted by Gasteiger charge is -2.25. The van der Waals surface area contributed by atoms with Crippen LogP contribution in [0.5, 0.6) is 11.5 Å². The molecule has 1 heterocycles. The van der Waals surface area contributed by atoms with Crippen LogP contribution >= 0.6 is 0 Å². The number of ether oxygens (including phenoxy) is 2. The first kappa shape index (κ1) is 18.1. The predicted molar refractivity (Wildman–Crippen MR) is 103 cm³/mol. The first-order valence-corrected chi connectivity index (χ1v) is 10.1. The van der Waals surface area contributed by atoms with E-state index < -0.39 is 22.2 Å². The largest absolute Gasteiger partial charge is 0.446 e. The van der Waals surface area contributed by atoms with Crippen molar-refractivity contribution < 1.29 is 22.7 Å². The zero-order valence-corrected chi connectivity index (χ0v) is 15.6. The number of rotatable bonds is 3. The maximum Gasteiger partial charge on any atom is 0.322 e.